The molecule has 246 valence electrons. The van der Waals surface area contributed by atoms with E-state index in [0.717, 1.165) is 5.56 Å². The molecule has 0 aromatic heterocycles. The first-order chi connectivity index (χ1) is 20.2. The van der Waals surface area contributed by atoms with Crippen LogP contribution in [0.15, 0.2) is 29.2 Å². The van der Waals surface area contributed by atoms with Crippen molar-refractivity contribution in [2.45, 2.75) is 110 Å². The minimum absolute atomic E-state index is 0.0134. The molecule has 4 rings (SSSR count). The third kappa shape index (κ3) is 7.36. The minimum Gasteiger partial charge on any atom is -0.389 e. The molecule has 17 nitrogen and oxygen atoms in total. The predicted molar refractivity (Wildman–Crippen MR) is 145 cm³/mol. The van der Waals surface area contributed by atoms with Crippen LogP contribution in [0.2, 0.25) is 0 Å². The van der Waals surface area contributed by atoms with Crippen molar-refractivity contribution in [3.8, 4) is 0 Å². The largest absolute Gasteiger partial charge is 0.389 e. The summed E-state index contributed by atoms with van der Waals surface area (Å²) in [6.07, 6.45) is -17.8. The van der Waals surface area contributed by atoms with Gasteiger partial charge in [-0.2, -0.15) is 8.42 Å². The summed E-state index contributed by atoms with van der Waals surface area (Å²) >= 11 is 0. The molecule has 3 fully saturated rings. The standard InChI is InChI=1S/C25H42N4O13S/c1-9-2-4-10(5-3-9)43(36,37)38-8-14-16(30)15(29)18(32)24(40-14)41-22-11(27)6-12(28)23(21(22)35)42-25-20(34)19(33)17(31)13(7-26)39-25/h2-5,11-25,30-35H,6-8,26-29H2,1H3/t11-,12+,13-,14-,15+,16-,17-,18-,19+,20-,21-,22+,23-,24?,25-/m1/s1. The van der Waals surface area contributed by atoms with Crippen molar-refractivity contribution in [1.82, 2.24) is 0 Å². The number of benzene rings is 1. The average Bonchev–Trinajstić information content (AvgIpc) is 2.96. The maximum atomic E-state index is 12.6. The summed E-state index contributed by atoms with van der Waals surface area (Å²) in [7, 11) is -4.24. The van der Waals surface area contributed by atoms with E-state index in [1.54, 1.807) is 19.1 Å². The molecule has 18 heteroatoms. The SMILES string of the molecule is Cc1ccc(S(=O)(=O)OC[C@H]2OC(O[C@@H]3[C@@H](O)[C@H](O[C@H]4O[C@H](CN)[C@@H](O)[C@H](O)[C@H]4O)[C@@H](N)C[C@H]3N)[C@H](O)[C@@H](N)[C@@H]2O)cc1. The molecule has 1 aromatic carbocycles. The van der Waals surface area contributed by atoms with Crippen LogP contribution in [0.25, 0.3) is 0 Å². The zero-order chi connectivity index (χ0) is 31.8. The smallest absolute Gasteiger partial charge is 0.297 e. The van der Waals surface area contributed by atoms with Gasteiger partial charge in [0.05, 0.1) is 17.5 Å². The van der Waals surface area contributed by atoms with Crippen molar-refractivity contribution in [3.63, 3.8) is 0 Å². The topological polar surface area (TPSA) is 306 Å². The third-order valence-corrected chi connectivity index (χ3v) is 9.30. The maximum Gasteiger partial charge on any atom is 0.297 e. The Morgan fingerprint density at radius 1 is 0.767 bits per heavy atom. The van der Waals surface area contributed by atoms with Crippen molar-refractivity contribution in [2.24, 2.45) is 22.9 Å². The Kier molecular flexibility index (Phi) is 11.1. The van der Waals surface area contributed by atoms with Crippen molar-refractivity contribution in [1.29, 1.82) is 0 Å². The van der Waals surface area contributed by atoms with Gasteiger partial charge in [-0.3, -0.25) is 4.18 Å². The molecule has 15 atom stereocenters. The molecular formula is C25H42N4O13S. The van der Waals surface area contributed by atoms with E-state index in [-0.39, 0.29) is 17.9 Å². The Hall–Kier alpha value is -1.43. The lowest BCUT2D eigenvalue weighted by Gasteiger charge is -2.48. The highest BCUT2D eigenvalue weighted by atomic mass is 32.2. The molecule has 0 spiro atoms. The minimum atomic E-state index is -4.24. The summed E-state index contributed by atoms with van der Waals surface area (Å²) in [5.74, 6) is 0. The quantitative estimate of drug-likeness (QED) is 0.113. The van der Waals surface area contributed by atoms with Gasteiger partial charge in [-0.15, -0.1) is 0 Å². The molecular weight excluding hydrogens is 596 g/mol. The van der Waals surface area contributed by atoms with Crippen LogP contribution in [0, 0.1) is 6.92 Å². The Bertz CT molecular complexity index is 1160. The average molecular weight is 639 g/mol. The van der Waals surface area contributed by atoms with Gasteiger partial charge in [-0.25, -0.2) is 0 Å². The molecule has 1 unspecified atom stereocenters. The van der Waals surface area contributed by atoms with Crippen LogP contribution in [-0.2, 0) is 33.2 Å². The fourth-order valence-electron chi connectivity index (χ4n) is 5.32. The van der Waals surface area contributed by atoms with E-state index in [1.807, 2.05) is 0 Å². The van der Waals surface area contributed by atoms with Gasteiger partial charge in [0.15, 0.2) is 12.6 Å². The molecule has 2 heterocycles. The van der Waals surface area contributed by atoms with Gasteiger partial charge in [-0.1, -0.05) is 17.7 Å². The van der Waals surface area contributed by atoms with Gasteiger partial charge in [0.2, 0.25) is 0 Å². The van der Waals surface area contributed by atoms with E-state index in [1.165, 1.54) is 12.1 Å². The van der Waals surface area contributed by atoms with Crippen molar-refractivity contribution in [3.05, 3.63) is 29.8 Å². The highest BCUT2D eigenvalue weighted by Gasteiger charge is 2.51. The summed E-state index contributed by atoms with van der Waals surface area (Å²) in [6, 6.07) is 2.68. The summed E-state index contributed by atoms with van der Waals surface area (Å²) in [6.45, 7) is 0.898. The second-order valence-corrected chi connectivity index (χ2v) is 12.8. The van der Waals surface area contributed by atoms with E-state index < -0.39 is 108 Å². The zero-order valence-electron chi connectivity index (χ0n) is 23.3. The Balaban J connectivity index is 1.45. The maximum absolute atomic E-state index is 12.6. The molecule has 1 aliphatic carbocycles. The van der Waals surface area contributed by atoms with Crippen LogP contribution < -0.4 is 22.9 Å². The van der Waals surface area contributed by atoms with Crippen LogP contribution in [0.5, 0.6) is 0 Å². The Morgan fingerprint density at radius 3 is 1.86 bits per heavy atom. The predicted octanol–water partition coefficient (Wildman–Crippen LogP) is -5.57. The number of rotatable bonds is 9. The van der Waals surface area contributed by atoms with Crippen molar-refractivity contribution >= 4 is 10.1 Å². The van der Waals surface area contributed by atoms with Crippen LogP contribution >= 0.6 is 0 Å². The lowest BCUT2D eigenvalue weighted by atomic mass is 9.84. The van der Waals surface area contributed by atoms with Crippen LogP contribution in [0.4, 0.5) is 0 Å². The van der Waals surface area contributed by atoms with E-state index >= 15 is 0 Å². The van der Waals surface area contributed by atoms with Gasteiger partial charge in [0, 0.05) is 18.6 Å². The summed E-state index contributed by atoms with van der Waals surface area (Å²) in [4.78, 5) is -0.119. The number of hydrogen-bond donors (Lipinski definition) is 10. The normalized spacial score (nSPS) is 44.3. The number of aliphatic hydroxyl groups excluding tert-OH is 6. The summed E-state index contributed by atoms with van der Waals surface area (Å²) < 4.78 is 53.1. The first-order valence-electron chi connectivity index (χ1n) is 13.8. The monoisotopic (exact) mass is 638 g/mol. The van der Waals surface area contributed by atoms with Crippen molar-refractivity contribution < 1.29 is 62.2 Å². The zero-order valence-corrected chi connectivity index (χ0v) is 24.2. The summed E-state index contributed by atoms with van der Waals surface area (Å²) in [5.41, 5.74) is 24.8. The van der Waals surface area contributed by atoms with Crippen LogP contribution in [0.1, 0.15) is 12.0 Å². The second-order valence-electron chi connectivity index (χ2n) is 11.2. The molecule has 14 N–H and O–H groups in total. The number of aryl methyl sites for hydroxylation is 1. The van der Waals surface area contributed by atoms with E-state index in [2.05, 4.69) is 0 Å². The Morgan fingerprint density at radius 2 is 1.30 bits per heavy atom. The van der Waals surface area contributed by atoms with Gasteiger partial charge in [0.1, 0.15) is 61.0 Å². The van der Waals surface area contributed by atoms with E-state index in [0.29, 0.717) is 0 Å². The lowest BCUT2D eigenvalue weighted by molar-refractivity contribution is -0.331. The number of nitrogens with two attached hydrogens (primary N) is 4. The van der Waals surface area contributed by atoms with Gasteiger partial charge in [0.25, 0.3) is 10.1 Å². The third-order valence-electron chi connectivity index (χ3n) is 8.00. The van der Waals surface area contributed by atoms with Crippen LogP contribution in [-0.4, -0.2) is 144 Å². The fraction of sp³-hybridized carbons (Fsp3) is 0.760. The molecule has 1 aromatic rings. The molecule has 43 heavy (non-hydrogen) atoms. The van der Waals surface area contributed by atoms with Gasteiger partial charge in [-0.05, 0) is 25.5 Å². The first-order valence-corrected chi connectivity index (χ1v) is 15.2. The second kappa shape index (κ2) is 13.9. The first kappa shape index (κ1) is 34.4. The van der Waals surface area contributed by atoms with Crippen molar-refractivity contribution in [2.75, 3.05) is 13.2 Å². The number of hydrogen-bond acceptors (Lipinski definition) is 17. The van der Waals surface area contributed by atoms with Gasteiger partial charge >= 0.3 is 0 Å². The Labute approximate surface area is 248 Å². The van der Waals surface area contributed by atoms with E-state index in [4.69, 9.17) is 46.1 Å². The molecule has 0 bridgehead atoms. The molecule has 2 saturated heterocycles. The molecule has 3 aliphatic rings. The number of aliphatic hydroxyl groups is 6. The lowest BCUT2D eigenvalue weighted by Crippen LogP contribution is -2.68. The highest BCUT2D eigenvalue weighted by Crippen LogP contribution is 2.31. The molecule has 0 amide bonds. The summed E-state index contributed by atoms with van der Waals surface area (Å²) in [5, 5.41) is 63.1. The highest BCUT2D eigenvalue weighted by molar-refractivity contribution is 7.86. The van der Waals surface area contributed by atoms with Crippen LogP contribution in [0.3, 0.4) is 0 Å². The van der Waals surface area contributed by atoms with Gasteiger partial charge < -0.3 is 72.5 Å². The molecule has 2 aliphatic heterocycles. The molecule has 0 radical (unpaired) electrons. The molecule has 1 saturated carbocycles. The van der Waals surface area contributed by atoms with E-state index in [9.17, 15) is 39.1 Å². The number of ether oxygens (including phenoxy) is 4. The fourth-order valence-corrected chi connectivity index (χ4v) is 6.24.